The Labute approximate surface area is 161 Å². The van der Waals surface area contributed by atoms with Crippen molar-refractivity contribution in [2.24, 2.45) is 4.99 Å². The average molecular weight is 399 g/mol. The van der Waals surface area contributed by atoms with Crippen molar-refractivity contribution < 1.29 is 13.2 Å². The van der Waals surface area contributed by atoms with E-state index in [0.29, 0.717) is 11.3 Å². The normalized spacial score (nSPS) is 12.3. The Kier molecular flexibility index (Phi) is 5.31. The molecule has 3 rings (SSSR count). The maximum atomic E-state index is 12.6. The van der Waals surface area contributed by atoms with E-state index in [1.54, 1.807) is 6.07 Å². The van der Waals surface area contributed by atoms with Gasteiger partial charge in [-0.15, -0.1) is 6.42 Å². The number of hydrogen-bond acceptors (Lipinski definition) is 4. The number of rotatable bonds is 4. The van der Waals surface area contributed by atoms with Gasteiger partial charge in [0.2, 0.25) is 0 Å². The van der Waals surface area contributed by atoms with E-state index < -0.39 is 15.7 Å². The molecule has 0 atom stereocenters. The Balaban J connectivity index is 2.14. The van der Waals surface area contributed by atoms with E-state index in [-0.39, 0.29) is 10.5 Å². The first-order valence-electron chi connectivity index (χ1n) is 8.28. The van der Waals surface area contributed by atoms with Crippen molar-refractivity contribution in [3.63, 3.8) is 0 Å². The number of amides is 1. The van der Waals surface area contributed by atoms with E-state index in [0.717, 1.165) is 22.9 Å². The number of hydrogen-bond donors (Lipinski definition) is 0. The van der Waals surface area contributed by atoms with Gasteiger partial charge in [0, 0.05) is 11.8 Å². The highest BCUT2D eigenvalue weighted by Gasteiger charge is 2.13. The molecule has 0 aliphatic carbocycles. The third kappa shape index (κ3) is 4.02. The van der Waals surface area contributed by atoms with Crippen LogP contribution in [-0.4, -0.2) is 25.1 Å². The van der Waals surface area contributed by atoms with Crippen LogP contribution in [0, 0.1) is 12.3 Å². The lowest BCUT2D eigenvalue weighted by atomic mass is 10.2. The third-order valence-electron chi connectivity index (χ3n) is 4.11. The minimum atomic E-state index is -3.40. The number of aromatic nitrogens is 1. The summed E-state index contributed by atoms with van der Waals surface area (Å²) < 4.78 is 26.3. The van der Waals surface area contributed by atoms with Crippen molar-refractivity contribution >= 4 is 37.3 Å². The maximum Gasteiger partial charge on any atom is 0.279 e. The van der Waals surface area contributed by atoms with Crippen LogP contribution in [0.1, 0.15) is 22.8 Å². The summed E-state index contributed by atoms with van der Waals surface area (Å²) in [5, 5.41) is 0. The second-order valence-electron chi connectivity index (χ2n) is 6.05. The average Bonchev–Trinajstić information content (AvgIpc) is 2.97. The van der Waals surface area contributed by atoms with Gasteiger partial charge in [-0.25, -0.2) is 8.42 Å². The number of aryl methyl sites for hydroxylation is 1. The molecule has 0 saturated carbocycles. The summed E-state index contributed by atoms with van der Waals surface area (Å²) in [7, 11) is -3.40. The maximum absolute atomic E-state index is 12.6. The summed E-state index contributed by atoms with van der Waals surface area (Å²) in [6, 6.07) is 12.0. The van der Waals surface area contributed by atoms with Crippen LogP contribution in [0.15, 0.2) is 52.4 Å². The highest BCUT2D eigenvalue weighted by molar-refractivity contribution is 7.90. The Morgan fingerprint density at radius 1 is 1.26 bits per heavy atom. The van der Waals surface area contributed by atoms with Gasteiger partial charge in [0.15, 0.2) is 14.6 Å². The van der Waals surface area contributed by atoms with Gasteiger partial charge in [-0.3, -0.25) is 4.79 Å². The number of carbonyl (C=O) groups excluding carboxylic acids is 1. The number of terminal acetylenes is 1. The molecule has 3 aromatic rings. The van der Waals surface area contributed by atoms with Gasteiger partial charge in [-0.1, -0.05) is 36.3 Å². The Hall–Kier alpha value is -2.69. The molecule has 27 heavy (non-hydrogen) atoms. The summed E-state index contributed by atoms with van der Waals surface area (Å²) in [5.74, 6) is 2.09. The summed E-state index contributed by atoms with van der Waals surface area (Å²) in [6.07, 6.45) is 7.50. The first-order chi connectivity index (χ1) is 12.8. The van der Waals surface area contributed by atoms with Crippen molar-refractivity contribution in [3.8, 4) is 12.3 Å². The number of thiazole rings is 1. The van der Waals surface area contributed by atoms with Crippen molar-refractivity contribution in [3.05, 3.63) is 58.4 Å². The summed E-state index contributed by atoms with van der Waals surface area (Å²) in [5.41, 5.74) is 2.33. The van der Waals surface area contributed by atoms with E-state index in [9.17, 15) is 13.2 Å². The van der Waals surface area contributed by atoms with Crippen molar-refractivity contribution in [2.75, 3.05) is 6.26 Å². The minimum Gasteiger partial charge on any atom is -0.305 e. The lowest BCUT2D eigenvalue weighted by molar-refractivity contribution is 0.0997. The lowest BCUT2D eigenvalue weighted by Gasteiger charge is -2.02. The molecule has 0 radical (unpaired) electrons. The SMILES string of the molecule is C#CCn1c(=NC(=O)c2cccc(S(C)(=O)=O)c2)sc2cc(CC)ccc21. The first kappa shape index (κ1) is 19.1. The van der Waals surface area contributed by atoms with Crippen molar-refractivity contribution in [1.29, 1.82) is 0 Å². The second kappa shape index (κ2) is 7.51. The van der Waals surface area contributed by atoms with E-state index in [2.05, 4.69) is 23.9 Å². The standard InChI is InChI=1S/C20H18N2O3S2/c1-4-11-22-17-10-9-14(5-2)12-18(17)26-20(22)21-19(23)15-7-6-8-16(13-15)27(3,24)25/h1,6-10,12-13H,5,11H2,2-3H3. The molecule has 1 aromatic heterocycles. The molecule has 1 heterocycles. The highest BCUT2D eigenvalue weighted by atomic mass is 32.2. The monoisotopic (exact) mass is 398 g/mol. The zero-order chi connectivity index (χ0) is 19.6. The van der Waals surface area contributed by atoms with Crippen molar-refractivity contribution in [2.45, 2.75) is 24.8 Å². The van der Waals surface area contributed by atoms with Gasteiger partial charge in [0.1, 0.15) is 0 Å². The topological polar surface area (TPSA) is 68.5 Å². The fourth-order valence-electron chi connectivity index (χ4n) is 2.68. The van der Waals surface area contributed by atoms with E-state index in [4.69, 9.17) is 6.42 Å². The smallest absolute Gasteiger partial charge is 0.279 e. The van der Waals surface area contributed by atoms with Crippen LogP contribution in [0.2, 0.25) is 0 Å². The lowest BCUT2D eigenvalue weighted by Crippen LogP contribution is -2.16. The van der Waals surface area contributed by atoms with Gasteiger partial charge in [0.25, 0.3) is 5.91 Å². The zero-order valence-electron chi connectivity index (χ0n) is 15.0. The molecule has 0 bridgehead atoms. The molecule has 0 spiro atoms. The summed E-state index contributed by atoms with van der Waals surface area (Å²) in [6.45, 7) is 2.37. The van der Waals surface area contributed by atoms with Crippen LogP contribution < -0.4 is 4.80 Å². The molecule has 1 amide bonds. The molecular formula is C20H18N2O3S2. The van der Waals surface area contributed by atoms with Crippen LogP contribution in [-0.2, 0) is 22.8 Å². The molecule has 0 fully saturated rings. The van der Waals surface area contributed by atoms with E-state index in [1.165, 1.54) is 35.1 Å². The largest absolute Gasteiger partial charge is 0.305 e. The van der Waals surface area contributed by atoms with Crippen LogP contribution in [0.5, 0.6) is 0 Å². The fraction of sp³-hybridized carbons (Fsp3) is 0.200. The molecule has 0 N–H and O–H groups in total. The second-order valence-corrected chi connectivity index (χ2v) is 9.07. The van der Waals surface area contributed by atoms with Gasteiger partial charge in [-0.05, 0) is 42.3 Å². The number of nitrogens with zero attached hydrogens (tertiary/aromatic N) is 2. The Bertz CT molecular complexity index is 1240. The minimum absolute atomic E-state index is 0.0870. The quantitative estimate of drug-likeness (QED) is 0.635. The van der Waals surface area contributed by atoms with E-state index in [1.807, 2.05) is 16.7 Å². The Morgan fingerprint density at radius 2 is 2.04 bits per heavy atom. The summed E-state index contributed by atoms with van der Waals surface area (Å²) >= 11 is 1.39. The molecule has 0 saturated heterocycles. The molecule has 2 aromatic carbocycles. The predicted octanol–water partition coefficient (Wildman–Crippen LogP) is 3.04. The van der Waals surface area contributed by atoms with Gasteiger partial charge in [0.05, 0.1) is 21.7 Å². The number of carbonyl (C=O) groups is 1. The molecule has 0 aliphatic heterocycles. The number of fused-ring (bicyclic) bond motifs is 1. The molecular weight excluding hydrogens is 380 g/mol. The van der Waals surface area contributed by atoms with Crippen LogP contribution in [0.3, 0.4) is 0 Å². The van der Waals surface area contributed by atoms with Gasteiger partial charge >= 0.3 is 0 Å². The highest BCUT2D eigenvalue weighted by Crippen LogP contribution is 2.20. The van der Waals surface area contributed by atoms with Crippen LogP contribution in [0.25, 0.3) is 10.2 Å². The fourth-order valence-corrected chi connectivity index (χ4v) is 4.44. The van der Waals surface area contributed by atoms with Crippen molar-refractivity contribution in [1.82, 2.24) is 4.57 Å². The first-order valence-corrected chi connectivity index (χ1v) is 11.0. The molecule has 0 aliphatic rings. The number of sulfone groups is 1. The number of benzene rings is 2. The summed E-state index contributed by atoms with van der Waals surface area (Å²) in [4.78, 5) is 17.4. The molecule has 0 unspecified atom stereocenters. The molecule has 5 nitrogen and oxygen atoms in total. The molecule has 138 valence electrons. The van der Waals surface area contributed by atoms with Crippen LogP contribution >= 0.6 is 11.3 Å². The zero-order valence-corrected chi connectivity index (χ0v) is 16.6. The van der Waals surface area contributed by atoms with Gasteiger partial charge < -0.3 is 4.57 Å². The van der Waals surface area contributed by atoms with Gasteiger partial charge in [-0.2, -0.15) is 4.99 Å². The Morgan fingerprint density at radius 3 is 2.70 bits per heavy atom. The molecule has 7 heteroatoms. The predicted molar refractivity (Wildman–Crippen MR) is 107 cm³/mol. The van der Waals surface area contributed by atoms with Crippen LogP contribution in [0.4, 0.5) is 0 Å². The third-order valence-corrected chi connectivity index (χ3v) is 6.26. The van der Waals surface area contributed by atoms with E-state index >= 15 is 0 Å².